The summed E-state index contributed by atoms with van der Waals surface area (Å²) in [6, 6.07) is 0. The van der Waals surface area contributed by atoms with Crippen LogP contribution < -0.4 is 35.2 Å². The second-order valence-electron chi connectivity index (χ2n) is 3.02. The van der Waals surface area contributed by atoms with Crippen molar-refractivity contribution >= 4 is 5.91 Å². The van der Waals surface area contributed by atoms with Gasteiger partial charge >= 0.3 is 0 Å². The van der Waals surface area contributed by atoms with Gasteiger partial charge in [0.2, 0.25) is 0 Å². The summed E-state index contributed by atoms with van der Waals surface area (Å²) in [5, 5.41) is 0. The van der Waals surface area contributed by atoms with Crippen molar-refractivity contribution in [1.29, 1.82) is 0 Å². The molecule has 0 aromatic carbocycles. The van der Waals surface area contributed by atoms with E-state index < -0.39 is 0 Å². The Labute approximate surface area is 78.3 Å². The SMILES string of the molecule is C[N+](C)(C)CC(=O)NN.[I-]. The highest BCUT2D eigenvalue weighted by Crippen LogP contribution is 1.86. The van der Waals surface area contributed by atoms with Crippen LogP contribution in [0.3, 0.4) is 0 Å². The van der Waals surface area contributed by atoms with Gasteiger partial charge in [0, 0.05) is 0 Å². The van der Waals surface area contributed by atoms with Gasteiger partial charge in [0.05, 0.1) is 21.1 Å². The lowest BCUT2D eigenvalue weighted by molar-refractivity contribution is -0.862. The van der Waals surface area contributed by atoms with Crippen LogP contribution in [0.2, 0.25) is 0 Å². The van der Waals surface area contributed by atoms with Crippen molar-refractivity contribution in [3.63, 3.8) is 0 Å². The lowest BCUT2D eigenvalue weighted by Gasteiger charge is -2.21. The molecule has 10 heavy (non-hydrogen) atoms. The molecule has 0 atom stereocenters. The van der Waals surface area contributed by atoms with Crippen LogP contribution in [-0.4, -0.2) is 38.1 Å². The van der Waals surface area contributed by atoms with Gasteiger partial charge in [-0.05, 0) is 0 Å². The van der Waals surface area contributed by atoms with E-state index >= 15 is 0 Å². The average Bonchev–Trinajstić information content (AvgIpc) is 1.62. The van der Waals surface area contributed by atoms with Crippen molar-refractivity contribution in [2.45, 2.75) is 0 Å². The van der Waals surface area contributed by atoms with E-state index in [2.05, 4.69) is 5.43 Å². The molecule has 0 bridgehead atoms. The molecule has 3 N–H and O–H groups in total. The smallest absolute Gasteiger partial charge is 0.289 e. The van der Waals surface area contributed by atoms with Gasteiger partial charge in [0.25, 0.3) is 5.91 Å². The molecular weight excluding hydrogens is 245 g/mol. The first-order valence-electron chi connectivity index (χ1n) is 2.75. The molecule has 62 valence electrons. The average molecular weight is 259 g/mol. The zero-order valence-corrected chi connectivity index (χ0v) is 8.68. The minimum Gasteiger partial charge on any atom is -1.00 e. The van der Waals surface area contributed by atoms with E-state index in [9.17, 15) is 4.79 Å². The topological polar surface area (TPSA) is 55.1 Å². The highest BCUT2D eigenvalue weighted by molar-refractivity contribution is 5.76. The molecule has 0 fully saturated rings. The molecule has 0 aliphatic rings. The number of carbonyl (C=O) groups excluding carboxylic acids is 1. The van der Waals surface area contributed by atoms with Crippen LogP contribution in [0.5, 0.6) is 0 Å². The standard InChI is InChI=1S/C5H13N3O.HI/c1-8(2,3)4-5(9)7-6;/h4,6H2,1-3H3;1H. The molecule has 0 heterocycles. The van der Waals surface area contributed by atoms with Crippen LogP contribution >= 0.6 is 0 Å². The van der Waals surface area contributed by atoms with Crippen molar-refractivity contribution < 1.29 is 33.3 Å². The van der Waals surface area contributed by atoms with Crippen molar-refractivity contribution in [3.05, 3.63) is 0 Å². The lowest BCUT2D eigenvalue weighted by atomic mass is 10.5. The first-order valence-corrected chi connectivity index (χ1v) is 2.75. The molecule has 1 amide bonds. The van der Waals surface area contributed by atoms with E-state index in [1.54, 1.807) is 0 Å². The highest BCUT2D eigenvalue weighted by Gasteiger charge is 2.11. The molecule has 0 spiro atoms. The Hall–Kier alpha value is 0.120. The number of halogens is 1. The molecular formula is C5H14IN3O. The number of amides is 1. The van der Waals surface area contributed by atoms with Crippen molar-refractivity contribution in [2.24, 2.45) is 5.84 Å². The van der Waals surface area contributed by atoms with Crippen LogP contribution in [0.4, 0.5) is 0 Å². The van der Waals surface area contributed by atoms with Crippen LogP contribution in [0.25, 0.3) is 0 Å². The molecule has 0 radical (unpaired) electrons. The zero-order valence-electron chi connectivity index (χ0n) is 6.52. The van der Waals surface area contributed by atoms with E-state index in [0.29, 0.717) is 11.0 Å². The third-order valence-electron chi connectivity index (χ3n) is 0.779. The molecule has 0 rings (SSSR count). The fourth-order valence-electron chi connectivity index (χ4n) is 0.476. The monoisotopic (exact) mass is 259 g/mol. The third-order valence-corrected chi connectivity index (χ3v) is 0.779. The Balaban J connectivity index is 0. The van der Waals surface area contributed by atoms with E-state index in [0.717, 1.165) is 0 Å². The second-order valence-corrected chi connectivity index (χ2v) is 3.02. The first-order chi connectivity index (χ1) is 3.95. The van der Waals surface area contributed by atoms with Crippen LogP contribution in [-0.2, 0) is 4.79 Å². The molecule has 0 aliphatic heterocycles. The lowest BCUT2D eigenvalue weighted by Crippen LogP contribution is -3.00. The van der Waals surface area contributed by atoms with Gasteiger partial charge in [-0.15, -0.1) is 0 Å². The maximum atomic E-state index is 10.6. The molecule has 5 heteroatoms. The molecule has 0 saturated carbocycles. The van der Waals surface area contributed by atoms with Gasteiger partial charge in [-0.25, -0.2) is 5.84 Å². The van der Waals surface area contributed by atoms with E-state index in [-0.39, 0.29) is 29.9 Å². The summed E-state index contributed by atoms with van der Waals surface area (Å²) in [5.41, 5.74) is 2.07. The summed E-state index contributed by atoms with van der Waals surface area (Å²) in [5.74, 6) is 4.73. The highest BCUT2D eigenvalue weighted by atomic mass is 127. The molecule has 0 aromatic heterocycles. The number of hydrogen-bond donors (Lipinski definition) is 2. The summed E-state index contributed by atoms with van der Waals surface area (Å²) in [6.07, 6.45) is 0. The van der Waals surface area contributed by atoms with Gasteiger partial charge < -0.3 is 28.5 Å². The van der Waals surface area contributed by atoms with Gasteiger partial charge in [-0.1, -0.05) is 0 Å². The van der Waals surface area contributed by atoms with Crippen LogP contribution in [0.1, 0.15) is 0 Å². The Morgan fingerprint density at radius 3 is 2.00 bits per heavy atom. The van der Waals surface area contributed by atoms with Gasteiger partial charge in [-0.3, -0.25) is 10.2 Å². The van der Waals surface area contributed by atoms with E-state index in [4.69, 9.17) is 5.84 Å². The van der Waals surface area contributed by atoms with Crippen molar-refractivity contribution in [3.8, 4) is 0 Å². The summed E-state index contributed by atoms with van der Waals surface area (Å²) in [4.78, 5) is 10.6. The number of nitrogens with two attached hydrogens (primary N) is 1. The molecule has 4 nitrogen and oxygen atoms in total. The normalized spacial score (nSPS) is 10.0. The van der Waals surface area contributed by atoms with E-state index in [1.807, 2.05) is 21.1 Å². The van der Waals surface area contributed by atoms with Crippen molar-refractivity contribution in [2.75, 3.05) is 27.7 Å². The number of likely N-dealkylation sites (N-methyl/N-ethyl adjacent to an activating group) is 1. The summed E-state index contributed by atoms with van der Waals surface area (Å²) in [7, 11) is 5.78. The zero-order chi connectivity index (χ0) is 7.49. The molecule has 0 unspecified atom stereocenters. The predicted molar refractivity (Wildman–Crippen MR) is 35.2 cm³/mol. The first kappa shape index (κ1) is 12.8. The van der Waals surface area contributed by atoms with Crippen LogP contribution in [0, 0.1) is 0 Å². The fourth-order valence-corrected chi connectivity index (χ4v) is 0.476. The summed E-state index contributed by atoms with van der Waals surface area (Å²) in [6.45, 7) is 0.413. The minimum absolute atomic E-state index is 0. The minimum atomic E-state index is -0.137. The number of rotatable bonds is 2. The number of quaternary nitrogens is 1. The maximum Gasteiger partial charge on any atom is 0.289 e. The number of carbonyl (C=O) groups is 1. The predicted octanol–water partition coefficient (Wildman–Crippen LogP) is -4.31. The van der Waals surface area contributed by atoms with Gasteiger partial charge in [0.1, 0.15) is 0 Å². The number of hydrazine groups is 1. The number of nitrogens with one attached hydrogen (secondary N) is 1. The number of nitrogens with zero attached hydrogens (tertiary/aromatic N) is 1. The summed E-state index contributed by atoms with van der Waals surface area (Å²) >= 11 is 0. The van der Waals surface area contributed by atoms with Gasteiger partial charge in [-0.2, -0.15) is 0 Å². The largest absolute Gasteiger partial charge is 1.00 e. The van der Waals surface area contributed by atoms with Crippen molar-refractivity contribution in [1.82, 2.24) is 5.43 Å². The Morgan fingerprint density at radius 2 is 1.90 bits per heavy atom. The van der Waals surface area contributed by atoms with E-state index in [1.165, 1.54) is 0 Å². The maximum absolute atomic E-state index is 10.6. The number of hydrogen-bond acceptors (Lipinski definition) is 2. The quantitative estimate of drug-likeness (QED) is 0.173. The Morgan fingerprint density at radius 1 is 1.50 bits per heavy atom. The van der Waals surface area contributed by atoms with Gasteiger partial charge in [0.15, 0.2) is 6.54 Å². The Kier molecular flexibility index (Phi) is 6.21. The fraction of sp³-hybridized carbons (Fsp3) is 0.800. The molecule has 0 saturated heterocycles. The summed E-state index contributed by atoms with van der Waals surface area (Å²) < 4.78 is 0.600. The molecule has 0 aliphatic carbocycles. The second kappa shape index (κ2) is 4.86. The molecule has 0 aromatic rings. The van der Waals surface area contributed by atoms with Crippen LogP contribution in [0.15, 0.2) is 0 Å². The Bertz CT molecular complexity index is 110. The third kappa shape index (κ3) is 8.12.